The molecule has 0 aromatic heterocycles. The molecule has 1 unspecified atom stereocenters. The first kappa shape index (κ1) is 13.2. The van der Waals surface area contributed by atoms with Crippen molar-refractivity contribution in [3.63, 3.8) is 0 Å². The Kier molecular flexibility index (Phi) is 3.80. The maximum atomic E-state index is 12.0. The van der Waals surface area contributed by atoms with Gasteiger partial charge in [-0.2, -0.15) is 0 Å². The Hall–Kier alpha value is -1.23. The molecule has 18 heavy (non-hydrogen) atoms. The van der Waals surface area contributed by atoms with Crippen molar-refractivity contribution in [2.45, 2.75) is 31.7 Å². The summed E-state index contributed by atoms with van der Waals surface area (Å²) in [5.41, 5.74) is 0.999. The minimum atomic E-state index is -4.63. The smallest absolute Gasteiger partial charge is 0.406 e. The third kappa shape index (κ3) is 3.91. The summed E-state index contributed by atoms with van der Waals surface area (Å²) in [6.45, 7) is 0. The molecule has 5 heteroatoms. The van der Waals surface area contributed by atoms with Gasteiger partial charge in [-0.05, 0) is 37.1 Å². The maximum Gasteiger partial charge on any atom is 0.573 e. The van der Waals surface area contributed by atoms with Gasteiger partial charge in [-0.25, -0.2) is 0 Å². The fourth-order valence-electron chi connectivity index (χ4n) is 2.01. The van der Waals surface area contributed by atoms with E-state index in [1.807, 2.05) is 7.05 Å². The monoisotopic (exact) mass is 259 g/mol. The van der Waals surface area contributed by atoms with E-state index in [0.29, 0.717) is 0 Å². The van der Waals surface area contributed by atoms with Gasteiger partial charge in [0.05, 0.1) is 0 Å². The van der Waals surface area contributed by atoms with Gasteiger partial charge in [-0.15, -0.1) is 13.2 Å². The van der Waals surface area contributed by atoms with Crippen LogP contribution >= 0.6 is 0 Å². The Morgan fingerprint density at radius 2 is 1.89 bits per heavy atom. The van der Waals surface area contributed by atoms with Crippen molar-refractivity contribution in [3.05, 3.63) is 29.8 Å². The lowest BCUT2D eigenvalue weighted by atomic mass is 10.0. The van der Waals surface area contributed by atoms with E-state index in [1.165, 1.54) is 25.0 Å². The molecular weight excluding hydrogens is 243 g/mol. The van der Waals surface area contributed by atoms with Crippen LogP contribution in [0, 0.1) is 5.92 Å². The van der Waals surface area contributed by atoms with Crippen LogP contribution in [0.5, 0.6) is 5.75 Å². The molecule has 100 valence electrons. The molecule has 1 saturated carbocycles. The number of hydrogen-bond acceptors (Lipinski definition) is 2. The summed E-state index contributed by atoms with van der Waals surface area (Å²) in [6.07, 6.45) is -1.07. The predicted molar refractivity (Wildman–Crippen MR) is 62.3 cm³/mol. The van der Waals surface area contributed by atoms with Crippen LogP contribution in [0.1, 0.15) is 30.9 Å². The van der Waals surface area contributed by atoms with Crippen molar-refractivity contribution in [1.29, 1.82) is 0 Å². The molecule has 1 atom stereocenters. The number of halogens is 3. The van der Waals surface area contributed by atoms with Gasteiger partial charge in [-0.3, -0.25) is 0 Å². The summed E-state index contributed by atoms with van der Waals surface area (Å²) in [7, 11) is 1.87. The quantitative estimate of drug-likeness (QED) is 0.871. The fraction of sp³-hybridized carbons (Fsp3) is 0.538. The fourth-order valence-corrected chi connectivity index (χ4v) is 2.01. The summed E-state index contributed by atoms with van der Waals surface area (Å²) >= 11 is 0. The minimum Gasteiger partial charge on any atom is -0.406 e. The molecule has 0 saturated heterocycles. The Labute approximate surface area is 104 Å². The van der Waals surface area contributed by atoms with Crippen molar-refractivity contribution < 1.29 is 17.9 Å². The number of hydrogen-bond donors (Lipinski definition) is 1. The SMILES string of the molecule is CNC(CC1CC1)c1ccc(OC(F)(F)F)cc1. The van der Waals surface area contributed by atoms with Crippen molar-refractivity contribution in [2.24, 2.45) is 5.92 Å². The lowest BCUT2D eigenvalue weighted by Gasteiger charge is -2.17. The van der Waals surface area contributed by atoms with Crippen LogP contribution in [0.15, 0.2) is 24.3 Å². The van der Waals surface area contributed by atoms with E-state index in [1.54, 1.807) is 12.1 Å². The second-order valence-electron chi connectivity index (χ2n) is 4.64. The average molecular weight is 259 g/mol. The first-order valence-electron chi connectivity index (χ1n) is 6.01. The lowest BCUT2D eigenvalue weighted by Crippen LogP contribution is -2.18. The summed E-state index contributed by atoms with van der Waals surface area (Å²) in [6, 6.07) is 6.30. The van der Waals surface area contributed by atoms with E-state index in [9.17, 15) is 13.2 Å². The molecule has 0 bridgehead atoms. The van der Waals surface area contributed by atoms with E-state index in [0.717, 1.165) is 17.9 Å². The van der Waals surface area contributed by atoms with Crippen LogP contribution < -0.4 is 10.1 Å². The van der Waals surface area contributed by atoms with Gasteiger partial charge in [0.1, 0.15) is 5.75 Å². The van der Waals surface area contributed by atoms with Crippen molar-refractivity contribution in [1.82, 2.24) is 5.32 Å². The third-order valence-corrected chi connectivity index (χ3v) is 3.13. The molecule has 2 rings (SSSR count). The average Bonchev–Trinajstić information content (AvgIpc) is 3.09. The number of rotatable bonds is 5. The highest BCUT2D eigenvalue weighted by atomic mass is 19.4. The van der Waals surface area contributed by atoms with Crippen molar-refractivity contribution in [2.75, 3.05) is 7.05 Å². The zero-order chi connectivity index (χ0) is 13.2. The van der Waals surface area contributed by atoms with Gasteiger partial charge in [0.2, 0.25) is 0 Å². The second-order valence-corrected chi connectivity index (χ2v) is 4.64. The van der Waals surface area contributed by atoms with Crippen LogP contribution in [0.2, 0.25) is 0 Å². The van der Waals surface area contributed by atoms with Crippen molar-refractivity contribution in [3.8, 4) is 5.75 Å². The van der Waals surface area contributed by atoms with Gasteiger partial charge < -0.3 is 10.1 Å². The molecule has 0 spiro atoms. The molecule has 1 aromatic carbocycles. The zero-order valence-electron chi connectivity index (χ0n) is 10.1. The number of benzene rings is 1. The van der Waals surface area contributed by atoms with Crippen molar-refractivity contribution >= 4 is 0 Å². The van der Waals surface area contributed by atoms with Gasteiger partial charge >= 0.3 is 6.36 Å². The summed E-state index contributed by atoms with van der Waals surface area (Å²) in [5.74, 6) is 0.584. The Morgan fingerprint density at radius 3 is 2.33 bits per heavy atom. The summed E-state index contributed by atoms with van der Waals surface area (Å²) in [4.78, 5) is 0. The molecule has 0 radical (unpaired) electrons. The van der Waals surface area contributed by atoms with E-state index in [2.05, 4.69) is 10.1 Å². The first-order chi connectivity index (χ1) is 8.48. The minimum absolute atomic E-state index is 0.174. The molecule has 1 aliphatic carbocycles. The van der Waals surface area contributed by atoms with Gasteiger partial charge in [0.15, 0.2) is 0 Å². The summed E-state index contributed by atoms with van der Waals surface area (Å²) < 4.78 is 39.9. The molecule has 0 aliphatic heterocycles. The van der Waals surface area contributed by atoms with E-state index in [4.69, 9.17) is 0 Å². The molecule has 1 aliphatic rings. The standard InChI is InChI=1S/C13H16F3NO/c1-17-12(8-9-2-3-9)10-4-6-11(7-5-10)18-13(14,15)16/h4-7,9,12,17H,2-3,8H2,1H3. The first-order valence-corrected chi connectivity index (χ1v) is 6.01. The van der Waals surface area contributed by atoms with Gasteiger partial charge in [-0.1, -0.05) is 25.0 Å². The normalized spacial score (nSPS) is 17.6. The Bertz CT molecular complexity index is 384. The number of ether oxygens (including phenoxy) is 1. The van der Waals surface area contributed by atoms with Crippen LogP contribution in [0.3, 0.4) is 0 Å². The van der Waals surface area contributed by atoms with Gasteiger partial charge in [0, 0.05) is 6.04 Å². The van der Waals surface area contributed by atoms with E-state index < -0.39 is 6.36 Å². The van der Waals surface area contributed by atoms with Gasteiger partial charge in [0.25, 0.3) is 0 Å². The summed E-state index contributed by atoms with van der Waals surface area (Å²) in [5, 5.41) is 3.19. The molecular formula is C13H16F3NO. The highest BCUT2D eigenvalue weighted by molar-refractivity contribution is 5.29. The molecule has 2 nitrogen and oxygen atoms in total. The van der Waals surface area contributed by atoms with Crippen LogP contribution in [-0.4, -0.2) is 13.4 Å². The third-order valence-electron chi connectivity index (χ3n) is 3.13. The molecule has 1 N–H and O–H groups in total. The molecule has 1 aromatic rings. The number of alkyl halides is 3. The molecule has 0 amide bonds. The molecule has 1 fully saturated rings. The highest BCUT2D eigenvalue weighted by Crippen LogP contribution is 2.37. The van der Waals surface area contributed by atoms with Crippen LogP contribution in [0.25, 0.3) is 0 Å². The lowest BCUT2D eigenvalue weighted by molar-refractivity contribution is -0.274. The highest BCUT2D eigenvalue weighted by Gasteiger charge is 2.31. The zero-order valence-corrected chi connectivity index (χ0v) is 10.1. The predicted octanol–water partition coefficient (Wildman–Crippen LogP) is 3.65. The van der Waals surface area contributed by atoms with Crippen LogP contribution in [0.4, 0.5) is 13.2 Å². The largest absolute Gasteiger partial charge is 0.573 e. The van der Waals surface area contributed by atoms with E-state index in [-0.39, 0.29) is 11.8 Å². The Balaban J connectivity index is 2.00. The Morgan fingerprint density at radius 1 is 1.28 bits per heavy atom. The maximum absolute atomic E-state index is 12.0. The van der Waals surface area contributed by atoms with E-state index >= 15 is 0 Å². The topological polar surface area (TPSA) is 21.3 Å². The number of nitrogens with one attached hydrogen (secondary N) is 1. The second kappa shape index (κ2) is 5.18. The van der Waals surface area contributed by atoms with Crippen LogP contribution in [-0.2, 0) is 0 Å². The molecule has 0 heterocycles.